The number of nitrogen functional groups attached to an aromatic ring is 1. The lowest BCUT2D eigenvalue weighted by Gasteiger charge is -2.11. The minimum absolute atomic E-state index is 0.118. The van der Waals surface area contributed by atoms with E-state index < -0.39 is 5.82 Å². The topological polar surface area (TPSA) is 101 Å². The Morgan fingerprint density at radius 2 is 1.74 bits per heavy atom. The molecule has 0 bridgehead atoms. The SMILES string of the molecule is Cc1cc(-c2ccc(CNc3ncnc(-c4ccc(N)c(C=N)c4)c3F)cc2)ccn1. The second-order valence-corrected chi connectivity index (χ2v) is 7.11. The van der Waals surface area contributed by atoms with Crippen LogP contribution in [0.4, 0.5) is 15.9 Å². The van der Waals surface area contributed by atoms with Gasteiger partial charge < -0.3 is 16.5 Å². The first-order valence-corrected chi connectivity index (χ1v) is 9.72. The highest BCUT2D eigenvalue weighted by molar-refractivity contribution is 5.87. The van der Waals surface area contributed by atoms with Crippen LogP contribution < -0.4 is 11.1 Å². The number of halogens is 1. The summed E-state index contributed by atoms with van der Waals surface area (Å²) in [7, 11) is 0. The van der Waals surface area contributed by atoms with Crippen LogP contribution in [0.5, 0.6) is 0 Å². The third-order valence-electron chi connectivity index (χ3n) is 4.95. The summed E-state index contributed by atoms with van der Waals surface area (Å²) in [6, 6.07) is 17.0. The van der Waals surface area contributed by atoms with E-state index in [2.05, 4.69) is 20.3 Å². The predicted octanol–water partition coefficient (Wildman–Crippen LogP) is 4.85. The van der Waals surface area contributed by atoms with E-state index in [1.807, 2.05) is 43.3 Å². The lowest BCUT2D eigenvalue weighted by molar-refractivity contribution is 0.621. The van der Waals surface area contributed by atoms with Crippen molar-refractivity contribution in [3.05, 3.63) is 89.8 Å². The molecule has 7 heteroatoms. The van der Waals surface area contributed by atoms with Crippen LogP contribution in [0.2, 0.25) is 0 Å². The number of anilines is 2. The van der Waals surface area contributed by atoms with Gasteiger partial charge in [-0.05, 0) is 47.9 Å². The van der Waals surface area contributed by atoms with Crippen molar-refractivity contribution in [1.29, 1.82) is 5.41 Å². The third kappa shape index (κ3) is 4.40. The van der Waals surface area contributed by atoms with E-state index in [0.717, 1.165) is 28.6 Å². The number of hydrogen-bond donors (Lipinski definition) is 3. The largest absolute Gasteiger partial charge is 0.398 e. The molecule has 2 aromatic heterocycles. The number of nitrogens with zero attached hydrogens (tertiary/aromatic N) is 3. The Morgan fingerprint density at radius 3 is 2.48 bits per heavy atom. The Kier molecular flexibility index (Phi) is 5.66. The molecule has 2 aromatic carbocycles. The van der Waals surface area contributed by atoms with E-state index in [4.69, 9.17) is 11.1 Å². The molecule has 0 aliphatic rings. The van der Waals surface area contributed by atoms with Crippen LogP contribution >= 0.6 is 0 Å². The molecular formula is C24H21FN6. The standard InChI is InChI=1S/C24H21FN6/c1-15-10-18(8-9-28-15)17-4-2-16(3-5-17)13-29-24-22(25)23(30-14-31-24)19-6-7-21(27)20(11-19)12-26/h2-12,14,26H,13,27H2,1H3,(H,29,30,31). The molecule has 154 valence electrons. The maximum Gasteiger partial charge on any atom is 0.191 e. The van der Waals surface area contributed by atoms with Gasteiger partial charge in [-0.3, -0.25) is 4.98 Å². The van der Waals surface area contributed by atoms with Gasteiger partial charge in [0.1, 0.15) is 12.0 Å². The number of nitrogens with two attached hydrogens (primary N) is 1. The van der Waals surface area contributed by atoms with E-state index in [1.54, 1.807) is 24.4 Å². The third-order valence-corrected chi connectivity index (χ3v) is 4.95. The molecule has 0 aliphatic heterocycles. The molecule has 4 rings (SSSR count). The van der Waals surface area contributed by atoms with Gasteiger partial charge in [0.2, 0.25) is 0 Å². The van der Waals surface area contributed by atoms with Crippen molar-refractivity contribution in [2.24, 2.45) is 0 Å². The summed E-state index contributed by atoms with van der Waals surface area (Å²) >= 11 is 0. The summed E-state index contributed by atoms with van der Waals surface area (Å²) < 4.78 is 15.0. The highest BCUT2D eigenvalue weighted by Gasteiger charge is 2.14. The molecule has 0 fully saturated rings. The number of rotatable bonds is 6. The van der Waals surface area contributed by atoms with E-state index >= 15 is 4.39 Å². The highest BCUT2D eigenvalue weighted by Crippen LogP contribution is 2.27. The van der Waals surface area contributed by atoms with Gasteiger partial charge in [-0.25, -0.2) is 14.4 Å². The normalized spacial score (nSPS) is 10.6. The van der Waals surface area contributed by atoms with Crippen molar-refractivity contribution >= 4 is 17.7 Å². The Hall–Kier alpha value is -4.13. The van der Waals surface area contributed by atoms with Crippen LogP contribution in [-0.4, -0.2) is 21.2 Å². The first kappa shape index (κ1) is 20.2. The molecule has 4 N–H and O–H groups in total. The average molecular weight is 412 g/mol. The van der Waals surface area contributed by atoms with E-state index in [9.17, 15) is 0 Å². The van der Waals surface area contributed by atoms with Crippen molar-refractivity contribution in [3.63, 3.8) is 0 Å². The van der Waals surface area contributed by atoms with Crippen molar-refractivity contribution in [2.75, 3.05) is 11.1 Å². The molecular weight excluding hydrogens is 391 g/mol. The Labute approximate surface area is 179 Å². The molecule has 0 amide bonds. The molecule has 0 saturated carbocycles. The monoisotopic (exact) mass is 412 g/mol. The minimum atomic E-state index is -0.549. The minimum Gasteiger partial charge on any atom is -0.398 e. The summed E-state index contributed by atoms with van der Waals surface area (Å²) in [5, 5.41) is 10.5. The Morgan fingerprint density at radius 1 is 0.968 bits per heavy atom. The first-order valence-electron chi connectivity index (χ1n) is 9.72. The van der Waals surface area contributed by atoms with Crippen LogP contribution in [0.3, 0.4) is 0 Å². The van der Waals surface area contributed by atoms with Gasteiger partial charge in [0.05, 0.1) is 0 Å². The quantitative estimate of drug-likeness (QED) is 0.311. The van der Waals surface area contributed by atoms with E-state index in [1.165, 1.54) is 6.33 Å². The maximum absolute atomic E-state index is 15.0. The molecule has 0 aliphatic carbocycles. The number of benzene rings is 2. The highest BCUT2D eigenvalue weighted by atomic mass is 19.1. The van der Waals surface area contributed by atoms with Crippen LogP contribution in [0.25, 0.3) is 22.4 Å². The first-order chi connectivity index (χ1) is 15.0. The van der Waals surface area contributed by atoms with E-state index in [-0.39, 0.29) is 11.5 Å². The van der Waals surface area contributed by atoms with E-state index in [0.29, 0.717) is 23.4 Å². The number of nitrogens with one attached hydrogen (secondary N) is 2. The van der Waals surface area contributed by atoms with Gasteiger partial charge in [0.15, 0.2) is 11.6 Å². The van der Waals surface area contributed by atoms with Gasteiger partial charge >= 0.3 is 0 Å². The fraction of sp³-hybridized carbons (Fsp3) is 0.0833. The number of aryl methyl sites for hydroxylation is 1. The van der Waals surface area contributed by atoms with Crippen LogP contribution in [0.1, 0.15) is 16.8 Å². The second-order valence-electron chi connectivity index (χ2n) is 7.11. The lowest BCUT2D eigenvalue weighted by atomic mass is 10.0. The fourth-order valence-electron chi connectivity index (χ4n) is 3.27. The molecule has 0 unspecified atom stereocenters. The zero-order valence-corrected chi connectivity index (χ0v) is 16.9. The maximum atomic E-state index is 15.0. The van der Waals surface area contributed by atoms with Gasteiger partial charge in [-0.15, -0.1) is 0 Å². The second kappa shape index (κ2) is 8.71. The molecule has 6 nitrogen and oxygen atoms in total. The zero-order chi connectivity index (χ0) is 21.8. The number of aromatic nitrogens is 3. The summed E-state index contributed by atoms with van der Waals surface area (Å²) in [6.45, 7) is 2.37. The van der Waals surface area contributed by atoms with Crippen molar-refractivity contribution < 1.29 is 4.39 Å². The van der Waals surface area contributed by atoms with Crippen molar-refractivity contribution in [3.8, 4) is 22.4 Å². The average Bonchev–Trinajstić information content (AvgIpc) is 2.79. The Balaban J connectivity index is 1.52. The van der Waals surface area contributed by atoms with Gasteiger partial charge in [0.25, 0.3) is 0 Å². The summed E-state index contributed by atoms with van der Waals surface area (Å²) in [5.74, 6) is -0.431. The molecule has 4 aromatic rings. The molecule has 0 saturated heterocycles. The van der Waals surface area contributed by atoms with Crippen LogP contribution in [0, 0.1) is 18.2 Å². The zero-order valence-electron chi connectivity index (χ0n) is 16.9. The predicted molar refractivity (Wildman–Crippen MR) is 121 cm³/mol. The fourth-order valence-corrected chi connectivity index (χ4v) is 3.27. The molecule has 31 heavy (non-hydrogen) atoms. The van der Waals surface area contributed by atoms with Gasteiger partial charge in [0, 0.05) is 41.5 Å². The van der Waals surface area contributed by atoms with Gasteiger partial charge in [-0.2, -0.15) is 0 Å². The molecule has 0 atom stereocenters. The lowest BCUT2D eigenvalue weighted by Crippen LogP contribution is -2.06. The van der Waals surface area contributed by atoms with Crippen molar-refractivity contribution in [2.45, 2.75) is 13.5 Å². The van der Waals surface area contributed by atoms with Crippen LogP contribution in [0.15, 0.2) is 67.1 Å². The smallest absolute Gasteiger partial charge is 0.191 e. The number of hydrogen-bond acceptors (Lipinski definition) is 6. The van der Waals surface area contributed by atoms with Crippen LogP contribution in [-0.2, 0) is 6.54 Å². The van der Waals surface area contributed by atoms with Crippen molar-refractivity contribution in [1.82, 2.24) is 15.0 Å². The summed E-state index contributed by atoms with van der Waals surface area (Å²) in [4.78, 5) is 12.3. The summed E-state index contributed by atoms with van der Waals surface area (Å²) in [6.07, 6.45) is 4.24. The summed E-state index contributed by atoms with van der Waals surface area (Å²) in [5.41, 5.74) is 11.6. The Bertz CT molecular complexity index is 1240. The molecule has 2 heterocycles. The number of pyridine rings is 1. The van der Waals surface area contributed by atoms with Gasteiger partial charge in [-0.1, -0.05) is 30.3 Å². The molecule has 0 spiro atoms. The molecule has 0 radical (unpaired) electrons.